The molecule has 0 aliphatic rings. The topological polar surface area (TPSA) is 68.0 Å². The Bertz CT molecular complexity index is 850. The molecule has 2 heterocycles. The normalized spacial score (nSPS) is 10.6. The summed E-state index contributed by atoms with van der Waals surface area (Å²) >= 11 is 0. The molecule has 3 aromatic rings. The number of aryl methyl sites for hydroxylation is 1. The quantitative estimate of drug-likeness (QED) is 0.777. The zero-order chi connectivity index (χ0) is 16.9. The number of aromatic nitrogens is 2. The minimum Gasteiger partial charge on any atom is -0.441 e. The van der Waals surface area contributed by atoms with Gasteiger partial charge in [-0.3, -0.25) is 9.78 Å². The minimum atomic E-state index is -0.730. The van der Waals surface area contributed by atoms with Crippen LogP contribution in [-0.2, 0) is 11.2 Å². The van der Waals surface area contributed by atoms with Crippen LogP contribution in [0.1, 0.15) is 12.3 Å². The van der Waals surface area contributed by atoms with Crippen LogP contribution in [-0.4, -0.2) is 15.9 Å². The summed E-state index contributed by atoms with van der Waals surface area (Å²) in [6, 6.07) is 6.64. The molecule has 0 saturated heterocycles. The van der Waals surface area contributed by atoms with Crippen molar-refractivity contribution in [2.45, 2.75) is 12.8 Å². The predicted octanol–water partition coefficient (Wildman–Crippen LogP) is 3.59. The van der Waals surface area contributed by atoms with Gasteiger partial charge in [-0.2, -0.15) is 0 Å². The standard InChI is InChI=1S/C17H13F2N3O2/c18-11-3-4-13(14(19)8-11)15-10-21-17(24-15)6-5-16(23)22-12-2-1-7-20-9-12/h1-4,7-10H,5-6H2,(H,22,23). The van der Waals surface area contributed by atoms with Gasteiger partial charge < -0.3 is 9.73 Å². The molecule has 1 aromatic carbocycles. The summed E-state index contributed by atoms with van der Waals surface area (Å²) in [6.45, 7) is 0. The molecule has 1 N–H and O–H groups in total. The van der Waals surface area contributed by atoms with Gasteiger partial charge in [-0.25, -0.2) is 13.8 Å². The number of carbonyl (C=O) groups is 1. The van der Waals surface area contributed by atoms with Gasteiger partial charge in [0.05, 0.1) is 23.6 Å². The first-order valence-corrected chi connectivity index (χ1v) is 7.22. The van der Waals surface area contributed by atoms with Gasteiger partial charge in [0.2, 0.25) is 5.91 Å². The number of nitrogens with zero attached hydrogens (tertiary/aromatic N) is 2. The van der Waals surface area contributed by atoms with E-state index in [2.05, 4.69) is 15.3 Å². The first-order valence-electron chi connectivity index (χ1n) is 7.22. The molecule has 0 unspecified atom stereocenters. The van der Waals surface area contributed by atoms with E-state index in [1.165, 1.54) is 12.3 Å². The number of hydrogen-bond acceptors (Lipinski definition) is 4. The fraction of sp³-hybridized carbons (Fsp3) is 0.118. The number of benzene rings is 1. The van der Waals surface area contributed by atoms with Crippen molar-refractivity contribution in [3.05, 3.63) is 66.4 Å². The van der Waals surface area contributed by atoms with Crippen LogP contribution in [0.3, 0.4) is 0 Å². The van der Waals surface area contributed by atoms with E-state index in [9.17, 15) is 13.6 Å². The summed E-state index contributed by atoms with van der Waals surface area (Å²) in [5.41, 5.74) is 0.721. The number of nitrogens with one attached hydrogen (secondary N) is 1. The Morgan fingerprint density at radius 3 is 2.83 bits per heavy atom. The highest BCUT2D eigenvalue weighted by Gasteiger charge is 2.13. The molecule has 24 heavy (non-hydrogen) atoms. The van der Waals surface area contributed by atoms with Crippen molar-refractivity contribution in [1.29, 1.82) is 0 Å². The minimum absolute atomic E-state index is 0.120. The van der Waals surface area contributed by atoms with Gasteiger partial charge in [-0.05, 0) is 24.3 Å². The third-order valence-electron chi connectivity index (χ3n) is 3.26. The average molecular weight is 329 g/mol. The van der Waals surface area contributed by atoms with E-state index in [1.54, 1.807) is 24.5 Å². The largest absolute Gasteiger partial charge is 0.441 e. The second kappa shape index (κ2) is 6.99. The van der Waals surface area contributed by atoms with E-state index < -0.39 is 11.6 Å². The van der Waals surface area contributed by atoms with Crippen molar-refractivity contribution in [2.24, 2.45) is 0 Å². The fourth-order valence-corrected chi connectivity index (χ4v) is 2.12. The number of hydrogen-bond donors (Lipinski definition) is 1. The van der Waals surface area contributed by atoms with E-state index >= 15 is 0 Å². The molecule has 0 atom stereocenters. The Morgan fingerprint density at radius 1 is 1.21 bits per heavy atom. The number of anilines is 1. The molecule has 0 aliphatic heterocycles. The molecule has 2 aromatic heterocycles. The third kappa shape index (κ3) is 3.81. The molecule has 3 rings (SSSR count). The second-order valence-corrected chi connectivity index (χ2v) is 5.03. The van der Waals surface area contributed by atoms with Crippen LogP contribution in [0.2, 0.25) is 0 Å². The van der Waals surface area contributed by atoms with Crippen LogP contribution >= 0.6 is 0 Å². The molecule has 5 nitrogen and oxygen atoms in total. The number of oxazole rings is 1. The third-order valence-corrected chi connectivity index (χ3v) is 3.26. The lowest BCUT2D eigenvalue weighted by Crippen LogP contribution is -2.12. The molecule has 7 heteroatoms. The van der Waals surface area contributed by atoms with Crippen LogP contribution in [0.4, 0.5) is 14.5 Å². The zero-order valence-corrected chi connectivity index (χ0v) is 12.5. The molecule has 0 fully saturated rings. The lowest BCUT2D eigenvalue weighted by atomic mass is 10.2. The summed E-state index contributed by atoms with van der Waals surface area (Å²) < 4.78 is 32.1. The highest BCUT2D eigenvalue weighted by molar-refractivity contribution is 5.90. The molecule has 0 bridgehead atoms. The first kappa shape index (κ1) is 15.8. The van der Waals surface area contributed by atoms with Crippen LogP contribution in [0.15, 0.2) is 53.3 Å². The number of pyridine rings is 1. The van der Waals surface area contributed by atoms with E-state index in [-0.39, 0.29) is 30.1 Å². The van der Waals surface area contributed by atoms with Gasteiger partial charge in [0.1, 0.15) is 11.6 Å². The maximum atomic E-state index is 13.7. The highest BCUT2D eigenvalue weighted by Crippen LogP contribution is 2.24. The van der Waals surface area contributed by atoms with E-state index in [0.717, 1.165) is 12.1 Å². The number of carbonyl (C=O) groups excluding carboxylic acids is 1. The number of amides is 1. The predicted molar refractivity (Wildman–Crippen MR) is 83.0 cm³/mol. The molecular formula is C17H13F2N3O2. The van der Waals surface area contributed by atoms with Gasteiger partial charge >= 0.3 is 0 Å². The average Bonchev–Trinajstić information content (AvgIpc) is 3.02. The van der Waals surface area contributed by atoms with Crippen LogP contribution in [0.25, 0.3) is 11.3 Å². The summed E-state index contributed by atoms with van der Waals surface area (Å²) in [5.74, 6) is -1.11. The number of rotatable bonds is 5. The molecule has 122 valence electrons. The smallest absolute Gasteiger partial charge is 0.224 e. The SMILES string of the molecule is O=C(CCc1ncc(-c2ccc(F)cc2F)o1)Nc1cccnc1. The Hall–Kier alpha value is -3.09. The first-order chi connectivity index (χ1) is 11.6. The molecule has 0 spiro atoms. The highest BCUT2D eigenvalue weighted by atomic mass is 19.1. The second-order valence-electron chi connectivity index (χ2n) is 5.03. The lowest BCUT2D eigenvalue weighted by Gasteiger charge is -2.03. The van der Waals surface area contributed by atoms with Gasteiger partial charge in [-0.15, -0.1) is 0 Å². The van der Waals surface area contributed by atoms with Gasteiger partial charge in [0.25, 0.3) is 0 Å². The van der Waals surface area contributed by atoms with Crippen molar-refractivity contribution in [3.63, 3.8) is 0 Å². The van der Waals surface area contributed by atoms with E-state index in [1.807, 2.05) is 0 Å². The van der Waals surface area contributed by atoms with Crippen molar-refractivity contribution in [2.75, 3.05) is 5.32 Å². The Morgan fingerprint density at radius 2 is 2.08 bits per heavy atom. The molecule has 1 amide bonds. The van der Waals surface area contributed by atoms with Crippen LogP contribution in [0.5, 0.6) is 0 Å². The van der Waals surface area contributed by atoms with Crippen LogP contribution in [0, 0.1) is 11.6 Å². The van der Waals surface area contributed by atoms with Crippen LogP contribution < -0.4 is 5.32 Å². The number of halogens is 2. The van der Waals surface area contributed by atoms with E-state index in [4.69, 9.17) is 4.42 Å². The van der Waals surface area contributed by atoms with Gasteiger partial charge in [0, 0.05) is 25.1 Å². The Labute approximate surface area is 136 Å². The van der Waals surface area contributed by atoms with E-state index in [0.29, 0.717) is 11.6 Å². The maximum Gasteiger partial charge on any atom is 0.224 e. The monoisotopic (exact) mass is 329 g/mol. The summed E-state index contributed by atoms with van der Waals surface area (Å²) in [4.78, 5) is 19.8. The van der Waals surface area contributed by atoms with Gasteiger partial charge in [0.15, 0.2) is 11.7 Å². The molecule has 0 saturated carbocycles. The maximum absolute atomic E-state index is 13.7. The Balaban J connectivity index is 1.61. The fourth-order valence-electron chi connectivity index (χ4n) is 2.12. The van der Waals surface area contributed by atoms with Crippen molar-refractivity contribution < 1.29 is 18.0 Å². The molecular weight excluding hydrogens is 316 g/mol. The summed E-state index contributed by atoms with van der Waals surface area (Å²) in [6.07, 6.45) is 4.91. The van der Waals surface area contributed by atoms with Gasteiger partial charge in [-0.1, -0.05) is 0 Å². The van der Waals surface area contributed by atoms with Crippen molar-refractivity contribution in [1.82, 2.24) is 9.97 Å². The Kier molecular flexibility index (Phi) is 4.60. The lowest BCUT2D eigenvalue weighted by molar-refractivity contribution is -0.116. The summed E-state index contributed by atoms with van der Waals surface area (Å²) in [7, 11) is 0. The zero-order valence-electron chi connectivity index (χ0n) is 12.5. The summed E-state index contributed by atoms with van der Waals surface area (Å²) in [5, 5.41) is 2.69. The molecule has 0 aliphatic carbocycles. The van der Waals surface area contributed by atoms with Crippen molar-refractivity contribution in [3.8, 4) is 11.3 Å². The van der Waals surface area contributed by atoms with Crippen molar-refractivity contribution >= 4 is 11.6 Å². The molecule has 0 radical (unpaired) electrons.